The molecular formula is C15H14FN3O2S. The topological polar surface area (TPSA) is 67.2 Å². The fourth-order valence-corrected chi connectivity index (χ4v) is 2.06. The summed E-state index contributed by atoms with van der Waals surface area (Å²) in [7, 11) is 0. The minimum Gasteiger partial charge on any atom is -0.362 e. The van der Waals surface area contributed by atoms with E-state index in [1.54, 1.807) is 24.3 Å². The number of benzene rings is 2. The monoisotopic (exact) mass is 319 g/mol. The summed E-state index contributed by atoms with van der Waals surface area (Å²) in [5, 5.41) is 17.0. The Bertz CT molecular complexity index is 677. The van der Waals surface area contributed by atoms with E-state index in [0.717, 1.165) is 5.56 Å². The van der Waals surface area contributed by atoms with Crippen LogP contribution in [0.25, 0.3) is 0 Å². The van der Waals surface area contributed by atoms with Gasteiger partial charge in [0.2, 0.25) is 0 Å². The number of nitro groups is 1. The molecular weight excluding hydrogens is 305 g/mol. The molecule has 0 unspecified atom stereocenters. The van der Waals surface area contributed by atoms with Gasteiger partial charge in [-0.2, -0.15) is 0 Å². The van der Waals surface area contributed by atoms with Gasteiger partial charge in [-0.3, -0.25) is 10.1 Å². The molecule has 2 aromatic carbocycles. The average molecular weight is 319 g/mol. The lowest BCUT2D eigenvalue weighted by molar-refractivity contribution is -0.384. The molecule has 7 heteroatoms. The first-order valence-corrected chi connectivity index (χ1v) is 6.99. The highest BCUT2D eigenvalue weighted by Gasteiger charge is 2.06. The molecule has 0 aliphatic carbocycles. The summed E-state index contributed by atoms with van der Waals surface area (Å²) in [5.41, 5.74) is 1.54. The van der Waals surface area contributed by atoms with Gasteiger partial charge < -0.3 is 10.6 Å². The molecule has 0 aliphatic rings. The molecule has 0 aliphatic heterocycles. The minimum absolute atomic E-state index is 0.000822. The van der Waals surface area contributed by atoms with Crippen molar-refractivity contribution in [1.29, 1.82) is 0 Å². The van der Waals surface area contributed by atoms with Crippen molar-refractivity contribution in [3.63, 3.8) is 0 Å². The first-order chi connectivity index (χ1) is 10.5. The standard InChI is InChI=1S/C15H14FN3O2S/c16-12-6-4-11(5-7-12)8-9-17-15(22)18-13-2-1-3-14(10-13)19(20)21/h1-7,10H,8-9H2,(H2,17,18,22). The summed E-state index contributed by atoms with van der Waals surface area (Å²) in [6.45, 7) is 0.576. The third-order valence-corrected chi connectivity index (χ3v) is 3.17. The Hall–Kier alpha value is -2.54. The molecule has 0 amide bonds. The zero-order valence-corrected chi connectivity index (χ0v) is 12.4. The number of nitrogens with one attached hydrogen (secondary N) is 2. The molecule has 114 valence electrons. The maximum absolute atomic E-state index is 12.8. The molecule has 22 heavy (non-hydrogen) atoms. The third-order valence-electron chi connectivity index (χ3n) is 2.93. The van der Waals surface area contributed by atoms with Gasteiger partial charge in [0.15, 0.2) is 5.11 Å². The second kappa shape index (κ2) is 7.46. The number of nitrogens with zero attached hydrogens (tertiary/aromatic N) is 1. The summed E-state index contributed by atoms with van der Waals surface area (Å²) in [5.74, 6) is -0.264. The van der Waals surface area contributed by atoms with Crippen molar-refractivity contribution in [2.24, 2.45) is 0 Å². The van der Waals surface area contributed by atoms with Crippen LogP contribution in [0.4, 0.5) is 15.8 Å². The van der Waals surface area contributed by atoms with Crippen LogP contribution in [-0.4, -0.2) is 16.6 Å². The molecule has 0 saturated heterocycles. The van der Waals surface area contributed by atoms with Crippen LogP contribution in [-0.2, 0) is 6.42 Å². The van der Waals surface area contributed by atoms with Crippen LogP contribution in [0.15, 0.2) is 48.5 Å². The highest BCUT2D eigenvalue weighted by atomic mass is 32.1. The van der Waals surface area contributed by atoms with Gasteiger partial charge in [-0.25, -0.2) is 4.39 Å². The van der Waals surface area contributed by atoms with E-state index in [2.05, 4.69) is 10.6 Å². The molecule has 0 spiro atoms. The highest BCUT2D eigenvalue weighted by molar-refractivity contribution is 7.80. The molecule has 0 heterocycles. The SMILES string of the molecule is O=[N+]([O-])c1cccc(NC(=S)NCCc2ccc(F)cc2)c1. The Kier molecular flexibility index (Phi) is 5.37. The molecule has 0 saturated carbocycles. The van der Waals surface area contributed by atoms with Crippen LogP contribution in [0.5, 0.6) is 0 Å². The Morgan fingerprint density at radius 3 is 2.64 bits per heavy atom. The molecule has 0 radical (unpaired) electrons. The van der Waals surface area contributed by atoms with Crippen molar-refractivity contribution in [2.75, 3.05) is 11.9 Å². The predicted octanol–water partition coefficient (Wildman–Crippen LogP) is 3.26. The maximum Gasteiger partial charge on any atom is 0.271 e. The van der Waals surface area contributed by atoms with Crippen molar-refractivity contribution in [3.8, 4) is 0 Å². The first kappa shape index (κ1) is 15.8. The van der Waals surface area contributed by atoms with E-state index in [-0.39, 0.29) is 11.5 Å². The molecule has 0 atom stereocenters. The fourth-order valence-electron chi connectivity index (χ4n) is 1.84. The molecule has 0 bridgehead atoms. The Morgan fingerprint density at radius 2 is 1.95 bits per heavy atom. The van der Waals surface area contributed by atoms with Gasteiger partial charge in [-0.15, -0.1) is 0 Å². The van der Waals surface area contributed by atoms with E-state index in [0.29, 0.717) is 23.8 Å². The van der Waals surface area contributed by atoms with Gasteiger partial charge in [0.1, 0.15) is 5.82 Å². The normalized spacial score (nSPS) is 10.0. The van der Waals surface area contributed by atoms with Crippen LogP contribution in [0.1, 0.15) is 5.56 Å². The van der Waals surface area contributed by atoms with Gasteiger partial charge in [0.05, 0.1) is 4.92 Å². The van der Waals surface area contributed by atoms with Crippen molar-refractivity contribution < 1.29 is 9.31 Å². The number of thiocarbonyl (C=S) groups is 1. The number of hydrogen-bond acceptors (Lipinski definition) is 3. The Balaban J connectivity index is 1.81. The summed E-state index contributed by atoms with van der Waals surface area (Å²) in [4.78, 5) is 10.2. The molecule has 2 N–H and O–H groups in total. The van der Waals surface area contributed by atoms with Gasteiger partial charge in [0, 0.05) is 24.4 Å². The van der Waals surface area contributed by atoms with Crippen LogP contribution in [0.2, 0.25) is 0 Å². The van der Waals surface area contributed by atoms with Crippen molar-refractivity contribution in [3.05, 3.63) is 70.0 Å². The average Bonchev–Trinajstić information content (AvgIpc) is 2.49. The number of non-ortho nitro benzene ring substituents is 1. The molecule has 0 aromatic heterocycles. The lowest BCUT2D eigenvalue weighted by Gasteiger charge is -2.10. The first-order valence-electron chi connectivity index (χ1n) is 6.58. The van der Waals surface area contributed by atoms with Gasteiger partial charge >= 0.3 is 0 Å². The largest absolute Gasteiger partial charge is 0.362 e. The summed E-state index contributed by atoms with van der Waals surface area (Å²) in [6, 6.07) is 12.4. The number of halogens is 1. The van der Waals surface area contributed by atoms with Gasteiger partial charge in [0.25, 0.3) is 5.69 Å². The lowest BCUT2D eigenvalue weighted by Crippen LogP contribution is -2.30. The van der Waals surface area contributed by atoms with Gasteiger partial charge in [-0.05, 0) is 42.4 Å². The quantitative estimate of drug-likeness (QED) is 0.503. The third kappa shape index (κ3) is 4.78. The number of hydrogen-bond donors (Lipinski definition) is 2. The Labute approximate surface area is 132 Å². The minimum atomic E-state index is -0.462. The highest BCUT2D eigenvalue weighted by Crippen LogP contribution is 2.16. The zero-order valence-electron chi connectivity index (χ0n) is 11.6. The molecule has 2 rings (SSSR count). The molecule has 5 nitrogen and oxygen atoms in total. The van der Waals surface area contributed by atoms with Gasteiger partial charge in [-0.1, -0.05) is 18.2 Å². The summed E-state index contributed by atoms with van der Waals surface area (Å²) in [6.07, 6.45) is 0.692. The predicted molar refractivity (Wildman–Crippen MR) is 87.4 cm³/mol. The van der Waals surface area contributed by atoms with Crippen LogP contribution in [0, 0.1) is 15.9 Å². The second-order valence-corrected chi connectivity index (χ2v) is 4.97. The lowest BCUT2D eigenvalue weighted by atomic mass is 10.1. The van der Waals surface area contributed by atoms with E-state index in [4.69, 9.17) is 12.2 Å². The number of nitro benzene ring substituents is 1. The van der Waals surface area contributed by atoms with Crippen LogP contribution < -0.4 is 10.6 Å². The van der Waals surface area contributed by atoms with Crippen molar-refractivity contribution in [2.45, 2.75) is 6.42 Å². The van der Waals surface area contributed by atoms with Crippen LogP contribution >= 0.6 is 12.2 Å². The number of anilines is 1. The van der Waals surface area contributed by atoms with Crippen molar-refractivity contribution >= 4 is 28.7 Å². The van der Waals surface area contributed by atoms with E-state index >= 15 is 0 Å². The Morgan fingerprint density at radius 1 is 1.23 bits per heavy atom. The fraction of sp³-hybridized carbons (Fsp3) is 0.133. The van der Waals surface area contributed by atoms with Crippen molar-refractivity contribution in [1.82, 2.24) is 5.32 Å². The molecule has 0 fully saturated rings. The molecule has 2 aromatic rings. The maximum atomic E-state index is 12.8. The smallest absolute Gasteiger partial charge is 0.271 e. The number of rotatable bonds is 5. The zero-order chi connectivity index (χ0) is 15.9. The van der Waals surface area contributed by atoms with E-state index in [1.165, 1.54) is 24.3 Å². The summed E-state index contributed by atoms with van der Waals surface area (Å²) >= 11 is 5.13. The van der Waals surface area contributed by atoms with E-state index in [1.807, 2.05) is 0 Å². The van der Waals surface area contributed by atoms with E-state index in [9.17, 15) is 14.5 Å². The second-order valence-electron chi connectivity index (χ2n) is 4.56. The summed E-state index contributed by atoms with van der Waals surface area (Å²) < 4.78 is 12.8. The van der Waals surface area contributed by atoms with Crippen LogP contribution in [0.3, 0.4) is 0 Å². The van der Waals surface area contributed by atoms with E-state index < -0.39 is 4.92 Å².